The molecule has 2 atom stereocenters. The molecule has 28 heavy (non-hydrogen) atoms. The molecule has 1 N–H and O–H groups in total. The van der Waals surface area contributed by atoms with E-state index in [4.69, 9.17) is 9.47 Å². The fraction of sp³-hybridized carbons (Fsp3) is 0.440. The van der Waals surface area contributed by atoms with Crippen molar-refractivity contribution < 1.29 is 14.6 Å². The molecule has 0 aliphatic carbocycles. The van der Waals surface area contributed by atoms with Crippen molar-refractivity contribution in [2.75, 3.05) is 0 Å². The molecule has 150 valence electrons. The number of benzene rings is 2. The average molecular weight is 381 g/mol. The van der Waals surface area contributed by atoms with E-state index in [1.807, 2.05) is 37.3 Å². The van der Waals surface area contributed by atoms with Gasteiger partial charge in [0, 0.05) is 12.0 Å². The van der Waals surface area contributed by atoms with Crippen LogP contribution in [0.3, 0.4) is 0 Å². The largest absolute Gasteiger partial charge is 0.488 e. The Hall–Kier alpha value is -2.26. The maximum Gasteiger partial charge on any atom is 0.127 e. The quantitative estimate of drug-likeness (QED) is 0.663. The van der Waals surface area contributed by atoms with Gasteiger partial charge < -0.3 is 14.6 Å². The number of hydrogen-bond acceptors (Lipinski definition) is 3. The number of hydrogen-bond donors (Lipinski definition) is 1. The number of aliphatic hydroxyl groups is 1. The molecule has 1 unspecified atom stereocenters. The third-order valence-corrected chi connectivity index (χ3v) is 5.84. The Morgan fingerprint density at radius 3 is 2.54 bits per heavy atom. The molecule has 2 aromatic rings. The van der Waals surface area contributed by atoms with Crippen LogP contribution in [0.4, 0.5) is 0 Å². The van der Waals surface area contributed by atoms with Crippen molar-refractivity contribution in [1.82, 2.24) is 0 Å². The van der Waals surface area contributed by atoms with E-state index in [1.54, 1.807) is 0 Å². The predicted molar refractivity (Wildman–Crippen MR) is 114 cm³/mol. The van der Waals surface area contributed by atoms with Crippen LogP contribution in [0.25, 0.3) is 0 Å². The van der Waals surface area contributed by atoms with Crippen molar-refractivity contribution in [3.05, 3.63) is 70.3 Å². The minimum Gasteiger partial charge on any atom is -0.488 e. The summed E-state index contributed by atoms with van der Waals surface area (Å²) in [5.41, 5.74) is 5.48. The molecule has 0 saturated carbocycles. The summed E-state index contributed by atoms with van der Waals surface area (Å²) in [6.45, 7) is 10.9. The number of aliphatic hydroxyl groups excluding tert-OH is 1. The molecule has 0 amide bonds. The molecular formula is C25H32O3. The fourth-order valence-corrected chi connectivity index (χ4v) is 4.10. The molecule has 1 aliphatic rings. The normalized spacial score (nSPS) is 19.9. The molecule has 0 radical (unpaired) electrons. The lowest BCUT2D eigenvalue weighted by Gasteiger charge is -2.39. The van der Waals surface area contributed by atoms with Crippen LogP contribution in [-0.4, -0.2) is 16.8 Å². The van der Waals surface area contributed by atoms with Gasteiger partial charge in [-0.25, -0.2) is 0 Å². The monoisotopic (exact) mass is 380 g/mol. The van der Waals surface area contributed by atoms with Gasteiger partial charge >= 0.3 is 0 Å². The second-order valence-electron chi connectivity index (χ2n) is 8.14. The van der Waals surface area contributed by atoms with Gasteiger partial charge in [-0.05, 0) is 69.7 Å². The first-order chi connectivity index (χ1) is 13.3. The van der Waals surface area contributed by atoms with Crippen molar-refractivity contribution in [2.24, 2.45) is 0 Å². The van der Waals surface area contributed by atoms with E-state index in [-0.39, 0.29) is 5.60 Å². The Morgan fingerprint density at radius 1 is 1.14 bits per heavy atom. The van der Waals surface area contributed by atoms with Crippen LogP contribution in [0.1, 0.15) is 54.5 Å². The Morgan fingerprint density at radius 2 is 1.86 bits per heavy atom. The van der Waals surface area contributed by atoms with Gasteiger partial charge in [-0.15, -0.1) is 0 Å². The van der Waals surface area contributed by atoms with Crippen molar-refractivity contribution in [3.63, 3.8) is 0 Å². The molecule has 3 nitrogen and oxygen atoms in total. The lowest BCUT2D eigenvalue weighted by Crippen LogP contribution is -2.40. The van der Waals surface area contributed by atoms with Crippen LogP contribution in [0, 0.1) is 20.8 Å². The van der Waals surface area contributed by atoms with E-state index in [0.717, 1.165) is 35.5 Å². The van der Waals surface area contributed by atoms with Gasteiger partial charge in [0.2, 0.25) is 0 Å². The molecule has 0 aromatic heterocycles. The molecule has 1 heterocycles. The van der Waals surface area contributed by atoms with E-state index < -0.39 is 6.10 Å². The number of ether oxygens (including phenoxy) is 2. The summed E-state index contributed by atoms with van der Waals surface area (Å²) in [7, 11) is 0. The zero-order valence-corrected chi connectivity index (χ0v) is 17.7. The molecule has 0 fully saturated rings. The van der Waals surface area contributed by atoms with E-state index in [2.05, 4.69) is 39.8 Å². The van der Waals surface area contributed by atoms with Crippen LogP contribution in [-0.2, 0) is 13.0 Å². The first-order valence-corrected chi connectivity index (χ1v) is 10.1. The average Bonchev–Trinajstić information content (AvgIpc) is 2.67. The highest BCUT2D eigenvalue weighted by molar-refractivity contribution is 5.59. The van der Waals surface area contributed by atoms with E-state index >= 15 is 0 Å². The van der Waals surface area contributed by atoms with Gasteiger partial charge in [-0.2, -0.15) is 0 Å². The highest BCUT2D eigenvalue weighted by Gasteiger charge is 2.36. The van der Waals surface area contributed by atoms with E-state index in [1.165, 1.54) is 16.7 Å². The molecule has 0 spiro atoms. The first-order valence-electron chi connectivity index (χ1n) is 10.1. The summed E-state index contributed by atoms with van der Waals surface area (Å²) in [5.74, 6) is 1.95. The van der Waals surface area contributed by atoms with Gasteiger partial charge in [0.15, 0.2) is 0 Å². The maximum absolute atomic E-state index is 10.2. The first kappa shape index (κ1) is 20.5. The van der Waals surface area contributed by atoms with E-state index in [0.29, 0.717) is 13.0 Å². The predicted octanol–water partition coefficient (Wildman–Crippen LogP) is 5.60. The summed E-state index contributed by atoms with van der Waals surface area (Å²) in [6, 6.07) is 10.3. The molecule has 0 bridgehead atoms. The lowest BCUT2D eigenvalue weighted by molar-refractivity contribution is 0.0213. The fourth-order valence-electron chi connectivity index (χ4n) is 4.10. The number of allylic oxidation sites excluding steroid dienone is 1. The van der Waals surface area contributed by atoms with Gasteiger partial charge in [-0.3, -0.25) is 0 Å². The highest BCUT2D eigenvalue weighted by atomic mass is 16.5. The number of rotatable bonds is 6. The van der Waals surface area contributed by atoms with Crippen LogP contribution in [0.2, 0.25) is 0 Å². The second kappa shape index (κ2) is 8.40. The summed E-state index contributed by atoms with van der Waals surface area (Å²) in [5, 5.41) is 10.2. The molecule has 2 aromatic carbocycles. The van der Waals surface area contributed by atoms with Crippen LogP contribution in [0.15, 0.2) is 42.5 Å². The smallest absolute Gasteiger partial charge is 0.127 e. The molecular weight excluding hydrogens is 348 g/mol. The van der Waals surface area contributed by atoms with Gasteiger partial charge in [-0.1, -0.05) is 42.5 Å². The van der Waals surface area contributed by atoms with Crippen molar-refractivity contribution >= 4 is 0 Å². The van der Waals surface area contributed by atoms with Crippen molar-refractivity contribution in [3.8, 4) is 11.5 Å². The number of fused-ring (bicyclic) bond motifs is 1. The summed E-state index contributed by atoms with van der Waals surface area (Å²) in [4.78, 5) is 0. The highest BCUT2D eigenvalue weighted by Crippen LogP contribution is 2.45. The summed E-state index contributed by atoms with van der Waals surface area (Å²) in [6.07, 6.45) is 5.65. The Labute approximate surface area is 169 Å². The van der Waals surface area contributed by atoms with Crippen molar-refractivity contribution in [1.29, 1.82) is 0 Å². The summed E-state index contributed by atoms with van der Waals surface area (Å²) < 4.78 is 12.7. The third kappa shape index (κ3) is 4.25. The molecule has 1 aliphatic heterocycles. The maximum atomic E-state index is 10.2. The molecule has 0 saturated heterocycles. The Kier molecular flexibility index (Phi) is 6.14. The zero-order chi connectivity index (χ0) is 20.3. The SMILES string of the molecule is C/C=C/C(O)C[C@]1(C)CCc2c(C)c(OCc3ccccc3)c(C)c(C)c2O1. The Balaban J connectivity index is 1.86. The zero-order valence-electron chi connectivity index (χ0n) is 17.7. The minimum absolute atomic E-state index is 0.359. The van der Waals surface area contributed by atoms with Crippen LogP contribution in [0.5, 0.6) is 11.5 Å². The summed E-state index contributed by atoms with van der Waals surface area (Å²) >= 11 is 0. The molecule has 3 rings (SSSR count). The minimum atomic E-state index is -0.479. The van der Waals surface area contributed by atoms with Crippen molar-refractivity contribution in [2.45, 2.75) is 72.2 Å². The van der Waals surface area contributed by atoms with E-state index in [9.17, 15) is 5.11 Å². The molecule has 3 heteroatoms. The lowest BCUT2D eigenvalue weighted by atomic mass is 9.84. The van der Waals surface area contributed by atoms with Gasteiger partial charge in [0.05, 0.1) is 6.10 Å². The van der Waals surface area contributed by atoms with Crippen LogP contribution < -0.4 is 9.47 Å². The third-order valence-electron chi connectivity index (χ3n) is 5.84. The standard InChI is InChI=1S/C25H32O3/c1-6-10-21(26)15-25(5)14-13-22-19(4)23(17(2)18(3)24(22)28-25)27-16-20-11-8-7-9-12-20/h6-12,21,26H,13-16H2,1-5H3/b10-6+/t21?,25-/m0/s1. The Bertz CT molecular complexity index is 854. The second-order valence-corrected chi connectivity index (χ2v) is 8.14. The van der Waals surface area contributed by atoms with Gasteiger partial charge in [0.25, 0.3) is 0 Å². The topological polar surface area (TPSA) is 38.7 Å². The van der Waals surface area contributed by atoms with Crippen LogP contribution >= 0.6 is 0 Å². The van der Waals surface area contributed by atoms with Gasteiger partial charge in [0.1, 0.15) is 23.7 Å².